The molecule has 0 amide bonds. The van der Waals surface area contributed by atoms with Gasteiger partial charge in [-0.1, -0.05) is 23.2 Å². The standard InChI is InChI=1S/C6H4Cl2S/c7-4-1-2-5(8)6(9)3-4/h1-3,9H. The van der Waals surface area contributed by atoms with Gasteiger partial charge in [-0.3, -0.25) is 0 Å². The zero-order valence-corrected chi connectivity index (χ0v) is 6.84. The quantitative estimate of drug-likeness (QED) is 0.580. The van der Waals surface area contributed by atoms with Crippen LogP contribution in [0.2, 0.25) is 10.0 Å². The lowest BCUT2D eigenvalue weighted by Crippen LogP contribution is -1.67. The van der Waals surface area contributed by atoms with Crippen molar-refractivity contribution in [1.82, 2.24) is 0 Å². The van der Waals surface area contributed by atoms with E-state index in [4.69, 9.17) is 23.2 Å². The molecule has 0 aliphatic rings. The van der Waals surface area contributed by atoms with Crippen molar-refractivity contribution in [2.24, 2.45) is 0 Å². The first kappa shape index (κ1) is 7.26. The highest BCUT2D eigenvalue weighted by Crippen LogP contribution is 2.22. The summed E-state index contributed by atoms with van der Waals surface area (Å²) in [6.07, 6.45) is 0. The summed E-state index contributed by atoms with van der Waals surface area (Å²) < 4.78 is 0. The molecule has 9 heavy (non-hydrogen) atoms. The van der Waals surface area contributed by atoms with Gasteiger partial charge in [0.15, 0.2) is 0 Å². The lowest BCUT2D eigenvalue weighted by Gasteiger charge is -1.94. The number of rotatable bonds is 0. The van der Waals surface area contributed by atoms with Crippen molar-refractivity contribution in [2.75, 3.05) is 0 Å². The normalized spacial score (nSPS) is 9.67. The summed E-state index contributed by atoms with van der Waals surface area (Å²) in [5.41, 5.74) is 0. The molecule has 0 aliphatic carbocycles. The highest BCUT2D eigenvalue weighted by atomic mass is 35.5. The molecule has 0 aromatic heterocycles. The third kappa shape index (κ3) is 1.78. The van der Waals surface area contributed by atoms with Gasteiger partial charge < -0.3 is 0 Å². The molecule has 0 heterocycles. The van der Waals surface area contributed by atoms with Gasteiger partial charge in [-0.2, -0.15) is 0 Å². The van der Waals surface area contributed by atoms with Gasteiger partial charge in [0.05, 0.1) is 5.02 Å². The van der Waals surface area contributed by atoms with Crippen LogP contribution in [0, 0.1) is 0 Å². The van der Waals surface area contributed by atoms with Gasteiger partial charge in [-0.05, 0) is 18.2 Å². The zero-order chi connectivity index (χ0) is 6.85. The van der Waals surface area contributed by atoms with Crippen LogP contribution in [0.3, 0.4) is 0 Å². The van der Waals surface area contributed by atoms with E-state index in [9.17, 15) is 0 Å². The Morgan fingerprint density at radius 2 is 1.89 bits per heavy atom. The Kier molecular flexibility index (Phi) is 2.28. The third-order valence-electron chi connectivity index (χ3n) is 0.908. The Hall–Kier alpha value is 0.150. The summed E-state index contributed by atoms with van der Waals surface area (Å²) in [7, 11) is 0. The fraction of sp³-hybridized carbons (Fsp3) is 0. The van der Waals surface area contributed by atoms with Crippen LogP contribution in [0.25, 0.3) is 0 Å². The Balaban J connectivity index is 3.17. The molecule has 1 aromatic rings. The monoisotopic (exact) mass is 178 g/mol. The fourth-order valence-electron chi connectivity index (χ4n) is 0.486. The molecular weight excluding hydrogens is 175 g/mol. The summed E-state index contributed by atoms with van der Waals surface area (Å²) in [4.78, 5) is 0.712. The van der Waals surface area contributed by atoms with Gasteiger partial charge in [0.1, 0.15) is 0 Å². The number of thiol groups is 1. The maximum absolute atomic E-state index is 5.65. The molecule has 48 valence electrons. The summed E-state index contributed by atoms with van der Waals surface area (Å²) in [6, 6.07) is 5.14. The predicted octanol–water partition coefficient (Wildman–Crippen LogP) is 3.28. The molecule has 0 saturated heterocycles. The molecule has 1 rings (SSSR count). The van der Waals surface area contributed by atoms with Gasteiger partial charge in [-0.15, -0.1) is 12.6 Å². The van der Waals surface area contributed by atoms with Crippen LogP contribution in [0.5, 0.6) is 0 Å². The molecule has 0 radical (unpaired) electrons. The van der Waals surface area contributed by atoms with Crippen LogP contribution in [-0.4, -0.2) is 0 Å². The maximum atomic E-state index is 5.65. The van der Waals surface area contributed by atoms with Crippen LogP contribution in [-0.2, 0) is 0 Å². The van der Waals surface area contributed by atoms with E-state index >= 15 is 0 Å². The van der Waals surface area contributed by atoms with E-state index in [1.165, 1.54) is 0 Å². The van der Waals surface area contributed by atoms with Crippen molar-refractivity contribution in [1.29, 1.82) is 0 Å². The van der Waals surface area contributed by atoms with Crippen molar-refractivity contribution in [3.63, 3.8) is 0 Å². The van der Waals surface area contributed by atoms with Crippen molar-refractivity contribution in [2.45, 2.75) is 4.90 Å². The summed E-state index contributed by atoms with van der Waals surface area (Å²) in [6.45, 7) is 0. The molecule has 0 aliphatic heterocycles. The van der Waals surface area contributed by atoms with Crippen LogP contribution in [0.1, 0.15) is 0 Å². The largest absolute Gasteiger partial charge is 0.142 e. The third-order valence-corrected chi connectivity index (χ3v) is 1.97. The van der Waals surface area contributed by atoms with Crippen molar-refractivity contribution in [3.8, 4) is 0 Å². The molecule has 3 heteroatoms. The van der Waals surface area contributed by atoms with Gasteiger partial charge in [-0.25, -0.2) is 0 Å². The second-order valence-electron chi connectivity index (χ2n) is 1.60. The second-order valence-corrected chi connectivity index (χ2v) is 2.92. The van der Waals surface area contributed by atoms with Crippen LogP contribution >= 0.6 is 35.8 Å². The average Bonchev–Trinajstić information content (AvgIpc) is 1.80. The predicted molar refractivity (Wildman–Crippen MR) is 43.7 cm³/mol. The van der Waals surface area contributed by atoms with Gasteiger partial charge >= 0.3 is 0 Å². The molecule has 1 aromatic carbocycles. The van der Waals surface area contributed by atoms with Crippen molar-refractivity contribution < 1.29 is 0 Å². The smallest absolute Gasteiger partial charge is 0.0540 e. The molecule has 0 atom stereocenters. The molecule has 0 unspecified atom stereocenters. The van der Waals surface area contributed by atoms with Crippen LogP contribution in [0.4, 0.5) is 0 Å². The highest BCUT2D eigenvalue weighted by molar-refractivity contribution is 7.80. The first-order valence-corrected chi connectivity index (χ1v) is 3.54. The molecule has 0 nitrogen and oxygen atoms in total. The van der Waals surface area contributed by atoms with E-state index in [-0.39, 0.29) is 0 Å². The Labute approximate surface area is 69.2 Å². The first-order chi connectivity index (χ1) is 4.20. The minimum atomic E-state index is 0.628. The van der Waals surface area contributed by atoms with Crippen LogP contribution in [0.15, 0.2) is 23.1 Å². The SMILES string of the molecule is Sc1cc(Cl)ccc1Cl. The maximum Gasteiger partial charge on any atom is 0.0540 e. The Bertz CT molecular complexity index is 222. The number of benzene rings is 1. The topological polar surface area (TPSA) is 0 Å². The minimum absolute atomic E-state index is 0.628. The van der Waals surface area contributed by atoms with Gasteiger partial charge in [0.2, 0.25) is 0 Å². The number of hydrogen-bond donors (Lipinski definition) is 1. The van der Waals surface area contributed by atoms with E-state index in [2.05, 4.69) is 12.6 Å². The van der Waals surface area contributed by atoms with Gasteiger partial charge in [0, 0.05) is 9.92 Å². The van der Waals surface area contributed by atoms with Gasteiger partial charge in [0.25, 0.3) is 0 Å². The lowest BCUT2D eigenvalue weighted by atomic mass is 10.4. The second kappa shape index (κ2) is 2.82. The fourth-order valence-corrected chi connectivity index (χ4v) is 1.07. The Morgan fingerprint density at radius 3 is 2.33 bits per heavy atom. The molecule has 0 saturated carbocycles. The van der Waals surface area contributed by atoms with Crippen LogP contribution < -0.4 is 0 Å². The number of halogens is 2. The van der Waals surface area contributed by atoms with E-state index in [0.717, 1.165) is 0 Å². The van der Waals surface area contributed by atoms with E-state index in [1.54, 1.807) is 18.2 Å². The zero-order valence-electron chi connectivity index (χ0n) is 4.44. The minimum Gasteiger partial charge on any atom is -0.142 e. The van der Waals surface area contributed by atoms with E-state index in [1.807, 2.05) is 0 Å². The molecular formula is C6H4Cl2S. The summed E-state index contributed by atoms with van der Waals surface area (Å²) in [5.74, 6) is 0. The number of hydrogen-bond acceptors (Lipinski definition) is 1. The van der Waals surface area contributed by atoms with E-state index in [0.29, 0.717) is 14.9 Å². The van der Waals surface area contributed by atoms with Crippen molar-refractivity contribution in [3.05, 3.63) is 28.2 Å². The Morgan fingerprint density at radius 1 is 1.22 bits per heavy atom. The van der Waals surface area contributed by atoms with E-state index < -0.39 is 0 Å². The molecule has 0 bridgehead atoms. The summed E-state index contributed by atoms with van der Waals surface area (Å²) >= 11 is 15.3. The molecule has 0 N–H and O–H groups in total. The first-order valence-electron chi connectivity index (χ1n) is 2.34. The average molecular weight is 179 g/mol. The molecule has 0 fully saturated rings. The molecule has 0 spiro atoms. The summed E-state index contributed by atoms with van der Waals surface area (Å²) in [5, 5.41) is 1.28. The van der Waals surface area contributed by atoms with Crippen molar-refractivity contribution >= 4 is 35.8 Å². The highest BCUT2D eigenvalue weighted by Gasteiger charge is 1.93. The lowest BCUT2D eigenvalue weighted by molar-refractivity contribution is 1.48.